The molecule has 0 saturated carbocycles. The Morgan fingerprint density at radius 1 is 1.16 bits per heavy atom. The van der Waals surface area contributed by atoms with Crippen LogP contribution in [0.2, 0.25) is 0 Å². The van der Waals surface area contributed by atoms with Crippen molar-refractivity contribution in [1.29, 1.82) is 0 Å². The second-order valence-corrected chi connectivity index (χ2v) is 4.30. The van der Waals surface area contributed by atoms with E-state index in [1.165, 1.54) is 0 Å². The molecule has 0 heterocycles. The van der Waals surface area contributed by atoms with E-state index in [1.54, 1.807) is 20.8 Å². The van der Waals surface area contributed by atoms with E-state index in [2.05, 4.69) is 11.9 Å². The topological polar surface area (TPSA) is 81.7 Å². The van der Waals surface area contributed by atoms with Gasteiger partial charge in [0.05, 0.1) is 25.5 Å². The molecule has 0 saturated heterocycles. The second kappa shape index (κ2) is 9.13. The lowest BCUT2D eigenvalue weighted by atomic mass is 10.3. The Balaban J connectivity index is 3.63. The summed E-state index contributed by atoms with van der Waals surface area (Å²) in [5, 5.41) is 2.52. The van der Waals surface area contributed by atoms with Crippen LogP contribution in [-0.4, -0.2) is 37.1 Å². The number of rotatable bonds is 8. The molecule has 0 aliphatic rings. The quantitative estimate of drug-likeness (QED) is 0.404. The van der Waals surface area contributed by atoms with Crippen LogP contribution < -0.4 is 5.32 Å². The molecule has 0 aromatic rings. The van der Waals surface area contributed by atoms with Gasteiger partial charge in [-0.2, -0.15) is 0 Å². The lowest BCUT2D eigenvalue weighted by Gasteiger charge is -2.08. The molecule has 6 nitrogen and oxygen atoms in total. The first-order valence-electron chi connectivity index (χ1n) is 6.11. The van der Waals surface area contributed by atoms with E-state index in [0.29, 0.717) is 5.57 Å². The molecule has 0 aromatic heterocycles. The molecule has 0 atom stereocenters. The van der Waals surface area contributed by atoms with Gasteiger partial charge < -0.3 is 14.8 Å². The van der Waals surface area contributed by atoms with Crippen LogP contribution in [0.1, 0.15) is 33.6 Å². The van der Waals surface area contributed by atoms with Crippen molar-refractivity contribution in [2.45, 2.75) is 39.7 Å². The fourth-order valence-corrected chi connectivity index (χ4v) is 1.08. The number of hydrogen-bond donors (Lipinski definition) is 1. The number of esters is 2. The lowest BCUT2D eigenvalue weighted by molar-refractivity contribution is -0.152. The molecule has 1 amide bonds. The van der Waals surface area contributed by atoms with Gasteiger partial charge in [0.2, 0.25) is 5.91 Å². The van der Waals surface area contributed by atoms with Gasteiger partial charge in [-0.05, 0) is 20.8 Å². The van der Waals surface area contributed by atoms with Crippen LogP contribution in [0.3, 0.4) is 0 Å². The van der Waals surface area contributed by atoms with Crippen LogP contribution in [0.15, 0.2) is 12.2 Å². The molecule has 0 unspecified atom stereocenters. The van der Waals surface area contributed by atoms with Crippen molar-refractivity contribution in [3.63, 3.8) is 0 Å². The number of carbonyl (C=O) groups excluding carboxylic acids is 3. The SMILES string of the molecule is C=C(C)C(=O)NCCOC(=O)CCC(=O)OC(C)C. The third kappa shape index (κ3) is 9.82. The van der Waals surface area contributed by atoms with Crippen LogP contribution in [0.4, 0.5) is 0 Å². The molecule has 1 N–H and O–H groups in total. The zero-order valence-corrected chi connectivity index (χ0v) is 11.7. The summed E-state index contributed by atoms with van der Waals surface area (Å²) in [6.45, 7) is 8.81. The summed E-state index contributed by atoms with van der Waals surface area (Å²) in [5.41, 5.74) is 0.391. The van der Waals surface area contributed by atoms with Crippen molar-refractivity contribution in [3.05, 3.63) is 12.2 Å². The number of hydrogen-bond acceptors (Lipinski definition) is 5. The maximum atomic E-state index is 11.3. The fraction of sp³-hybridized carbons (Fsp3) is 0.615. The molecule has 0 bridgehead atoms. The molecular formula is C13H21NO5. The van der Waals surface area contributed by atoms with E-state index in [1.807, 2.05) is 0 Å². The van der Waals surface area contributed by atoms with E-state index < -0.39 is 11.9 Å². The third-order valence-corrected chi connectivity index (χ3v) is 1.94. The molecule has 0 radical (unpaired) electrons. The first kappa shape index (κ1) is 17.2. The van der Waals surface area contributed by atoms with Crippen molar-refractivity contribution in [2.24, 2.45) is 0 Å². The summed E-state index contributed by atoms with van der Waals surface area (Å²) in [6.07, 6.45) is -0.226. The van der Waals surface area contributed by atoms with E-state index >= 15 is 0 Å². The van der Waals surface area contributed by atoms with E-state index in [9.17, 15) is 14.4 Å². The zero-order valence-electron chi connectivity index (χ0n) is 11.7. The minimum Gasteiger partial charge on any atom is -0.464 e. The first-order chi connectivity index (χ1) is 8.82. The van der Waals surface area contributed by atoms with Crippen molar-refractivity contribution in [2.75, 3.05) is 13.2 Å². The summed E-state index contributed by atoms with van der Waals surface area (Å²) in [6, 6.07) is 0. The molecule has 0 spiro atoms. The zero-order chi connectivity index (χ0) is 14.8. The summed E-state index contributed by atoms with van der Waals surface area (Å²) in [7, 11) is 0. The highest BCUT2D eigenvalue weighted by molar-refractivity contribution is 5.92. The molecule has 0 aromatic carbocycles. The van der Waals surface area contributed by atoms with Crippen molar-refractivity contribution >= 4 is 17.8 Å². The highest BCUT2D eigenvalue weighted by Crippen LogP contribution is 1.98. The maximum Gasteiger partial charge on any atom is 0.306 e. The van der Waals surface area contributed by atoms with Gasteiger partial charge in [0.25, 0.3) is 0 Å². The van der Waals surface area contributed by atoms with Gasteiger partial charge >= 0.3 is 11.9 Å². The smallest absolute Gasteiger partial charge is 0.306 e. The lowest BCUT2D eigenvalue weighted by Crippen LogP contribution is -2.28. The predicted octanol–water partition coefficient (Wildman–Crippen LogP) is 0.954. The first-order valence-corrected chi connectivity index (χ1v) is 6.11. The number of amides is 1. The summed E-state index contributed by atoms with van der Waals surface area (Å²) >= 11 is 0. The Morgan fingerprint density at radius 3 is 2.26 bits per heavy atom. The standard InChI is InChI=1S/C13H21NO5/c1-9(2)13(17)14-7-8-18-11(15)5-6-12(16)19-10(3)4/h10H,1,5-8H2,2-4H3,(H,14,17). The third-order valence-electron chi connectivity index (χ3n) is 1.94. The van der Waals surface area contributed by atoms with Crippen molar-refractivity contribution < 1.29 is 23.9 Å². The van der Waals surface area contributed by atoms with Crippen molar-refractivity contribution in [3.8, 4) is 0 Å². The van der Waals surface area contributed by atoms with E-state index in [-0.39, 0.29) is 38.0 Å². The molecule has 0 aliphatic heterocycles. The Bertz CT molecular complexity index is 349. The van der Waals surface area contributed by atoms with Gasteiger partial charge in [-0.25, -0.2) is 0 Å². The predicted molar refractivity (Wildman–Crippen MR) is 69.2 cm³/mol. The van der Waals surface area contributed by atoms with Crippen LogP contribution in [0.5, 0.6) is 0 Å². The minimum atomic E-state index is -0.495. The molecular weight excluding hydrogens is 250 g/mol. The average molecular weight is 271 g/mol. The van der Waals surface area contributed by atoms with Gasteiger partial charge in [0, 0.05) is 5.57 Å². The van der Waals surface area contributed by atoms with E-state index in [0.717, 1.165) is 0 Å². The Hall–Kier alpha value is -1.85. The molecule has 0 aliphatic carbocycles. The van der Waals surface area contributed by atoms with Crippen LogP contribution in [0, 0.1) is 0 Å². The monoisotopic (exact) mass is 271 g/mol. The molecule has 6 heteroatoms. The Morgan fingerprint density at radius 2 is 1.74 bits per heavy atom. The minimum absolute atomic E-state index is 0.00482. The van der Waals surface area contributed by atoms with Crippen LogP contribution in [-0.2, 0) is 23.9 Å². The van der Waals surface area contributed by atoms with Crippen LogP contribution >= 0.6 is 0 Å². The van der Waals surface area contributed by atoms with E-state index in [4.69, 9.17) is 9.47 Å². The van der Waals surface area contributed by atoms with Gasteiger partial charge in [-0.15, -0.1) is 0 Å². The Kier molecular flexibility index (Phi) is 8.24. The van der Waals surface area contributed by atoms with Crippen molar-refractivity contribution in [1.82, 2.24) is 5.32 Å². The largest absolute Gasteiger partial charge is 0.464 e. The van der Waals surface area contributed by atoms with Gasteiger partial charge in [0.15, 0.2) is 0 Å². The number of nitrogens with one attached hydrogen (secondary N) is 1. The highest BCUT2D eigenvalue weighted by atomic mass is 16.5. The van der Waals surface area contributed by atoms with Crippen LogP contribution in [0.25, 0.3) is 0 Å². The Labute approximate surface area is 113 Å². The number of carbonyl (C=O) groups is 3. The highest BCUT2D eigenvalue weighted by Gasteiger charge is 2.10. The maximum absolute atomic E-state index is 11.3. The van der Waals surface area contributed by atoms with Gasteiger partial charge in [0.1, 0.15) is 6.61 Å². The molecule has 0 fully saturated rings. The second-order valence-electron chi connectivity index (χ2n) is 4.30. The van der Waals surface area contributed by atoms with Gasteiger partial charge in [-0.3, -0.25) is 14.4 Å². The van der Waals surface area contributed by atoms with Gasteiger partial charge in [-0.1, -0.05) is 6.58 Å². The summed E-state index contributed by atoms with van der Waals surface area (Å²) in [4.78, 5) is 33.5. The number of ether oxygens (including phenoxy) is 2. The summed E-state index contributed by atoms with van der Waals surface area (Å²) in [5.74, 6) is -1.20. The fourth-order valence-electron chi connectivity index (χ4n) is 1.08. The molecule has 108 valence electrons. The molecule has 19 heavy (non-hydrogen) atoms. The average Bonchev–Trinajstić information content (AvgIpc) is 2.30. The molecule has 0 rings (SSSR count). The summed E-state index contributed by atoms with van der Waals surface area (Å²) < 4.78 is 9.71. The normalized spacial score (nSPS) is 9.89.